The number of nitriles is 1. The molecule has 0 saturated carbocycles. The maximum absolute atomic E-state index is 13.1. The van der Waals surface area contributed by atoms with Crippen molar-refractivity contribution in [1.29, 1.82) is 5.26 Å². The number of carbonyl (C=O) groups excluding carboxylic acids is 3. The van der Waals surface area contributed by atoms with E-state index in [0.717, 1.165) is 22.2 Å². The van der Waals surface area contributed by atoms with Crippen molar-refractivity contribution in [1.82, 2.24) is 24.8 Å². The van der Waals surface area contributed by atoms with Gasteiger partial charge in [-0.15, -0.1) is 0 Å². The Morgan fingerprint density at radius 2 is 1.90 bits per heavy atom. The second-order valence-electron chi connectivity index (χ2n) is 10.1. The van der Waals surface area contributed by atoms with Crippen LogP contribution in [0.25, 0.3) is 22.3 Å². The first-order valence-electron chi connectivity index (χ1n) is 12.7. The van der Waals surface area contributed by atoms with E-state index in [2.05, 4.69) is 11.4 Å². The van der Waals surface area contributed by atoms with E-state index in [1.807, 2.05) is 48.0 Å². The van der Waals surface area contributed by atoms with Crippen LogP contribution in [-0.4, -0.2) is 57.3 Å². The van der Waals surface area contributed by atoms with Gasteiger partial charge < -0.3 is 14.4 Å². The van der Waals surface area contributed by atoms with Gasteiger partial charge in [-0.1, -0.05) is 23.7 Å². The average molecular weight is 554 g/mol. The number of hydrogen-bond donors (Lipinski definition) is 1. The fourth-order valence-corrected chi connectivity index (χ4v) is 5.56. The van der Waals surface area contributed by atoms with Gasteiger partial charge in [0.25, 0.3) is 5.91 Å². The Hall–Kier alpha value is -4.75. The highest BCUT2D eigenvalue weighted by atomic mass is 35.5. The van der Waals surface area contributed by atoms with Crippen LogP contribution in [-0.2, 0) is 22.7 Å². The van der Waals surface area contributed by atoms with Gasteiger partial charge in [0.05, 0.1) is 22.3 Å². The lowest BCUT2D eigenvalue weighted by atomic mass is 10.0. The summed E-state index contributed by atoms with van der Waals surface area (Å²) in [6.45, 7) is 0.808. The number of anilines is 1. The summed E-state index contributed by atoms with van der Waals surface area (Å²) in [5, 5.41) is 12.8. The van der Waals surface area contributed by atoms with E-state index in [1.165, 1.54) is 0 Å². The number of halogens is 1. The molecule has 4 aromatic rings. The van der Waals surface area contributed by atoms with E-state index in [9.17, 15) is 19.6 Å². The zero-order chi connectivity index (χ0) is 28.1. The molecule has 2 aliphatic rings. The van der Waals surface area contributed by atoms with E-state index in [1.54, 1.807) is 29.2 Å². The first-order chi connectivity index (χ1) is 19.2. The highest BCUT2D eigenvalue weighted by Gasteiger charge is 2.39. The molecule has 11 heteroatoms. The van der Waals surface area contributed by atoms with Crippen molar-refractivity contribution < 1.29 is 14.4 Å². The van der Waals surface area contributed by atoms with Crippen molar-refractivity contribution in [2.75, 3.05) is 19.0 Å². The Kier molecular flexibility index (Phi) is 6.24. The van der Waals surface area contributed by atoms with Crippen LogP contribution in [0.4, 0.5) is 5.95 Å². The fourth-order valence-electron chi connectivity index (χ4n) is 5.29. The van der Waals surface area contributed by atoms with Crippen molar-refractivity contribution in [2.45, 2.75) is 32.0 Å². The summed E-state index contributed by atoms with van der Waals surface area (Å²) in [4.78, 5) is 49.9. The van der Waals surface area contributed by atoms with E-state index in [0.29, 0.717) is 52.9 Å². The summed E-state index contributed by atoms with van der Waals surface area (Å²) in [6.07, 6.45) is 2.48. The Labute approximate surface area is 234 Å². The summed E-state index contributed by atoms with van der Waals surface area (Å²) >= 11 is 6.56. The lowest BCUT2D eigenvalue weighted by molar-refractivity contribution is -0.136. The zero-order valence-electron chi connectivity index (χ0n) is 21.8. The minimum absolute atomic E-state index is 0.199. The van der Waals surface area contributed by atoms with Gasteiger partial charge in [0, 0.05) is 56.3 Å². The highest BCUT2D eigenvalue weighted by Crippen LogP contribution is 2.34. The summed E-state index contributed by atoms with van der Waals surface area (Å²) in [5.74, 6) is -0.416. The molecular weight excluding hydrogens is 530 g/mol. The molecular formula is C29H24ClN7O3. The predicted octanol–water partition coefficient (Wildman–Crippen LogP) is 3.50. The first-order valence-corrected chi connectivity index (χ1v) is 13.1. The highest BCUT2D eigenvalue weighted by molar-refractivity contribution is 6.33. The molecule has 4 heterocycles. The molecule has 2 aliphatic heterocycles. The fraction of sp³-hybridized carbons (Fsp3) is 0.241. The minimum atomic E-state index is -0.650. The number of nitrogens with one attached hydrogen (secondary N) is 1. The van der Waals surface area contributed by atoms with Crippen LogP contribution in [0.2, 0.25) is 5.02 Å². The summed E-state index contributed by atoms with van der Waals surface area (Å²) in [7, 11) is 3.73. The third kappa shape index (κ3) is 4.34. The number of fused-ring (bicyclic) bond motifs is 2. The van der Waals surface area contributed by atoms with E-state index in [4.69, 9.17) is 21.6 Å². The van der Waals surface area contributed by atoms with Crippen LogP contribution < -0.4 is 10.2 Å². The number of imide groups is 1. The van der Waals surface area contributed by atoms with Gasteiger partial charge in [-0.05, 0) is 47.9 Å². The average Bonchev–Trinajstić information content (AvgIpc) is 3.48. The SMILES string of the molecule is CN(C)c1nc(-c2ccc(C#N)cc2Cl)c2ccn(Cc3ccc4c(c3)CN(C3CCC(=O)NC3=O)C4=O)c2n1. The number of hydrogen-bond acceptors (Lipinski definition) is 7. The molecule has 0 bridgehead atoms. The van der Waals surface area contributed by atoms with Gasteiger partial charge in [0.1, 0.15) is 11.7 Å². The number of amides is 3. The van der Waals surface area contributed by atoms with Crippen LogP contribution in [0.1, 0.15) is 39.9 Å². The molecule has 6 rings (SSSR count). The van der Waals surface area contributed by atoms with Gasteiger partial charge in [-0.25, -0.2) is 4.98 Å². The monoisotopic (exact) mass is 553 g/mol. The molecule has 1 atom stereocenters. The molecule has 0 aliphatic carbocycles. The lowest BCUT2D eigenvalue weighted by Crippen LogP contribution is -2.52. The summed E-state index contributed by atoms with van der Waals surface area (Å²) in [5.41, 5.74) is 4.95. The van der Waals surface area contributed by atoms with Gasteiger partial charge in [0.2, 0.25) is 17.8 Å². The van der Waals surface area contributed by atoms with Crippen molar-refractivity contribution in [3.8, 4) is 17.3 Å². The summed E-state index contributed by atoms with van der Waals surface area (Å²) < 4.78 is 2.02. The van der Waals surface area contributed by atoms with Crippen LogP contribution in [0.3, 0.4) is 0 Å². The van der Waals surface area contributed by atoms with Gasteiger partial charge in [0.15, 0.2) is 0 Å². The first kappa shape index (κ1) is 25.5. The number of nitrogens with zero attached hydrogens (tertiary/aromatic N) is 6. The summed E-state index contributed by atoms with van der Waals surface area (Å²) in [6, 6.07) is 14.2. The smallest absolute Gasteiger partial charge is 0.255 e. The standard InChI is InChI=1S/C29H24ClN7O3/c1-35(2)29-33-25(20-6-3-16(13-31)12-22(20)30)21-9-10-36(26(21)34-29)14-17-4-5-19-18(11-17)15-37(28(19)40)23-7-8-24(38)32-27(23)39/h3-6,9-12,23H,7-8,14-15H2,1-2H3,(H,32,38,39). The molecule has 2 aromatic carbocycles. The molecule has 200 valence electrons. The van der Waals surface area contributed by atoms with Crippen LogP contribution in [0.5, 0.6) is 0 Å². The maximum atomic E-state index is 13.1. The third-order valence-electron chi connectivity index (χ3n) is 7.30. The van der Waals surface area contributed by atoms with Crippen LogP contribution in [0, 0.1) is 11.3 Å². The molecule has 3 amide bonds. The Morgan fingerprint density at radius 1 is 1.10 bits per heavy atom. The molecule has 1 fully saturated rings. The third-order valence-corrected chi connectivity index (χ3v) is 7.61. The normalized spacial score (nSPS) is 16.7. The Bertz CT molecular complexity index is 1770. The molecule has 1 saturated heterocycles. The number of benzene rings is 2. The number of carbonyl (C=O) groups is 3. The number of rotatable bonds is 5. The van der Waals surface area contributed by atoms with Crippen molar-refractivity contribution in [3.05, 3.63) is 75.9 Å². The van der Waals surface area contributed by atoms with Crippen LogP contribution in [0.15, 0.2) is 48.7 Å². The molecule has 1 N–H and O–H groups in total. The molecule has 1 unspecified atom stereocenters. The molecule has 10 nitrogen and oxygen atoms in total. The Balaban J connectivity index is 1.33. The van der Waals surface area contributed by atoms with Crippen molar-refractivity contribution in [2.24, 2.45) is 0 Å². The van der Waals surface area contributed by atoms with E-state index in [-0.39, 0.29) is 18.2 Å². The molecule has 2 aromatic heterocycles. The van der Waals surface area contributed by atoms with E-state index >= 15 is 0 Å². The maximum Gasteiger partial charge on any atom is 0.255 e. The quantitative estimate of drug-likeness (QED) is 0.375. The van der Waals surface area contributed by atoms with Crippen molar-refractivity contribution in [3.63, 3.8) is 0 Å². The van der Waals surface area contributed by atoms with Gasteiger partial charge >= 0.3 is 0 Å². The topological polar surface area (TPSA) is 124 Å². The molecule has 0 spiro atoms. The zero-order valence-corrected chi connectivity index (χ0v) is 22.6. The largest absolute Gasteiger partial charge is 0.347 e. The second kappa shape index (κ2) is 9.77. The Morgan fingerprint density at radius 3 is 2.62 bits per heavy atom. The van der Waals surface area contributed by atoms with E-state index < -0.39 is 11.9 Å². The van der Waals surface area contributed by atoms with Crippen molar-refractivity contribution >= 4 is 46.3 Å². The molecule has 40 heavy (non-hydrogen) atoms. The number of piperidine rings is 1. The van der Waals surface area contributed by atoms with Crippen LogP contribution >= 0.6 is 11.6 Å². The predicted molar refractivity (Wildman–Crippen MR) is 149 cm³/mol. The second-order valence-corrected chi connectivity index (χ2v) is 10.6. The minimum Gasteiger partial charge on any atom is -0.347 e. The van der Waals surface area contributed by atoms with Gasteiger partial charge in [-0.2, -0.15) is 10.2 Å². The molecule has 0 radical (unpaired) electrons. The van der Waals surface area contributed by atoms with Gasteiger partial charge in [-0.3, -0.25) is 19.7 Å². The lowest BCUT2D eigenvalue weighted by Gasteiger charge is -2.29. The number of aromatic nitrogens is 3.